The van der Waals surface area contributed by atoms with Crippen LogP contribution >= 0.6 is 0 Å². The minimum absolute atomic E-state index is 0.153. The zero-order valence-electron chi connectivity index (χ0n) is 7.79. The second-order valence-electron chi connectivity index (χ2n) is 3.52. The van der Waals surface area contributed by atoms with Gasteiger partial charge in [-0.15, -0.1) is 10.2 Å². The molecule has 1 aliphatic rings. The fraction of sp³-hybridized carbons (Fsp3) is 0.667. The van der Waals surface area contributed by atoms with E-state index in [0.717, 1.165) is 24.6 Å². The third kappa shape index (κ3) is 1.61. The molecule has 2 rings (SSSR count). The van der Waals surface area contributed by atoms with E-state index in [1.165, 1.54) is 12.8 Å². The van der Waals surface area contributed by atoms with Gasteiger partial charge in [0, 0.05) is 13.0 Å². The summed E-state index contributed by atoms with van der Waals surface area (Å²) in [5.74, 6) is 2.03. The summed E-state index contributed by atoms with van der Waals surface area (Å²) >= 11 is 0. The second kappa shape index (κ2) is 3.28. The molecule has 0 bridgehead atoms. The van der Waals surface area contributed by atoms with Crippen molar-refractivity contribution in [2.75, 3.05) is 0 Å². The van der Waals surface area contributed by atoms with Gasteiger partial charge >= 0.3 is 0 Å². The van der Waals surface area contributed by atoms with Gasteiger partial charge < -0.3 is 4.57 Å². The molecule has 2 heterocycles. The van der Waals surface area contributed by atoms with Crippen LogP contribution in [-0.2, 0) is 24.2 Å². The Balaban J connectivity index is 2.26. The van der Waals surface area contributed by atoms with Crippen LogP contribution in [0.5, 0.6) is 0 Å². The van der Waals surface area contributed by atoms with Crippen LogP contribution in [0, 0.1) is 0 Å². The van der Waals surface area contributed by atoms with E-state index in [-0.39, 0.29) is 5.78 Å². The topological polar surface area (TPSA) is 47.8 Å². The molecule has 0 saturated carbocycles. The van der Waals surface area contributed by atoms with E-state index in [9.17, 15) is 4.79 Å². The lowest BCUT2D eigenvalue weighted by Gasteiger charge is -2.13. The van der Waals surface area contributed by atoms with Crippen molar-refractivity contribution in [2.45, 2.75) is 39.2 Å². The van der Waals surface area contributed by atoms with Crippen LogP contribution in [0.15, 0.2) is 0 Å². The Bertz CT molecular complexity index is 330. The van der Waals surface area contributed by atoms with E-state index in [1.54, 1.807) is 6.92 Å². The molecule has 0 spiro atoms. The fourth-order valence-electron chi connectivity index (χ4n) is 1.72. The molecule has 0 atom stereocenters. The average molecular weight is 179 g/mol. The van der Waals surface area contributed by atoms with Crippen LogP contribution in [0.1, 0.15) is 31.4 Å². The summed E-state index contributed by atoms with van der Waals surface area (Å²) in [6.45, 7) is 2.56. The van der Waals surface area contributed by atoms with Gasteiger partial charge in [0.2, 0.25) is 0 Å². The van der Waals surface area contributed by atoms with Crippen LogP contribution in [-0.4, -0.2) is 20.5 Å². The van der Waals surface area contributed by atoms with E-state index < -0.39 is 0 Å². The van der Waals surface area contributed by atoms with Gasteiger partial charge in [-0.2, -0.15) is 0 Å². The van der Waals surface area contributed by atoms with Crippen LogP contribution in [0.2, 0.25) is 0 Å². The van der Waals surface area contributed by atoms with Crippen molar-refractivity contribution in [1.82, 2.24) is 14.8 Å². The molecule has 4 nitrogen and oxygen atoms in total. The molecule has 0 aromatic carbocycles. The van der Waals surface area contributed by atoms with Crippen LogP contribution in [0.4, 0.5) is 0 Å². The summed E-state index contributed by atoms with van der Waals surface area (Å²) in [6.07, 6.45) is 3.80. The van der Waals surface area contributed by atoms with Gasteiger partial charge in [0.1, 0.15) is 17.4 Å². The highest BCUT2D eigenvalue weighted by molar-refractivity contribution is 5.77. The Morgan fingerprint density at radius 1 is 1.46 bits per heavy atom. The Morgan fingerprint density at radius 3 is 3.08 bits per heavy atom. The molecule has 70 valence electrons. The van der Waals surface area contributed by atoms with Gasteiger partial charge in [-0.05, 0) is 19.8 Å². The average Bonchev–Trinajstić information content (AvgIpc) is 2.48. The molecule has 1 aromatic rings. The van der Waals surface area contributed by atoms with Gasteiger partial charge in [-0.1, -0.05) is 0 Å². The maximum absolute atomic E-state index is 10.9. The van der Waals surface area contributed by atoms with Crippen molar-refractivity contribution in [2.24, 2.45) is 0 Å². The smallest absolute Gasteiger partial charge is 0.140 e. The molecule has 13 heavy (non-hydrogen) atoms. The maximum atomic E-state index is 10.9. The highest BCUT2D eigenvalue weighted by Crippen LogP contribution is 2.14. The monoisotopic (exact) mass is 179 g/mol. The molecular formula is C9H13N3O. The van der Waals surface area contributed by atoms with Crippen LogP contribution in [0.3, 0.4) is 0 Å². The molecule has 0 unspecified atom stereocenters. The molecule has 0 saturated heterocycles. The fourth-order valence-corrected chi connectivity index (χ4v) is 1.72. The Morgan fingerprint density at radius 2 is 2.31 bits per heavy atom. The van der Waals surface area contributed by atoms with Gasteiger partial charge in [0.25, 0.3) is 0 Å². The highest BCUT2D eigenvalue weighted by atomic mass is 16.1. The van der Waals surface area contributed by atoms with Crippen molar-refractivity contribution in [3.63, 3.8) is 0 Å². The predicted molar refractivity (Wildman–Crippen MR) is 47.3 cm³/mol. The Labute approximate surface area is 77.0 Å². The third-order valence-corrected chi connectivity index (χ3v) is 2.34. The summed E-state index contributed by atoms with van der Waals surface area (Å²) in [5, 5.41) is 8.10. The lowest BCUT2D eigenvalue weighted by atomic mass is 10.1. The lowest BCUT2D eigenvalue weighted by Crippen LogP contribution is -2.14. The summed E-state index contributed by atoms with van der Waals surface area (Å²) in [5.41, 5.74) is 0. The first-order valence-electron chi connectivity index (χ1n) is 4.68. The maximum Gasteiger partial charge on any atom is 0.140 e. The predicted octanol–water partition coefficient (Wildman–Crippen LogP) is 0.746. The third-order valence-electron chi connectivity index (χ3n) is 2.34. The summed E-state index contributed by atoms with van der Waals surface area (Å²) in [4.78, 5) is 10.9. The normalized spacial score (nSPS) is 15.5. The number of fused-ring (bicyclic) bond motifs is 1. The summed E-state index contributed by atoms with van der Waals surface area (Å²) in [7, 11) is 0. The number of carbonyl (C=O) groups excluding carboxylic acids is 1. The molecule has 0 amide bonds. The molecular weight excluding hydrogens is 166 g/mol. The van der Waals surface area contributed by atoms with E-state index in [4.69, 9.17) is 0 Å². The number of aryl methyl sites for hydroxylation is 1. The number of carbonyl (C=O) groups is 1. The Kier molecular flexibility index (Phi) is 2.12. The molecule has 0 aliphatic carbocycles. The number of aromatic nitrogens is 3. The first-order valence-corrected chi connectivity index (χ1v) is 4.68. The van der Waals surface area contributed by atoms with Gasteiger partial charge in [0.15, 0.2) is 0 Å². The number of ketones is 1. The van der Waals surface area contributed by atoms with Crippen molar-refractivity contribution >= 4 is 5.78 Å². The number of hydrogen-bond acceptors (Lipinski definition) is 3. The number of nitrogens with zero attached hydrogens (tertiary/aromatic N) is 3. The number of rotatable bonds is 2. The zero-order chi connectivity index (χ0) is 9.26. The largest absolute Gasteiger partial charge is 0.315 e. The molecule has 1 aromatic heterocycles. The number of Topliss-reactive ketones (excluding diaryl/α,β-unsaturated/α-hetero) is 1. The lowest BCUT2D eigenvalue weighted by molar-refractivity contribution is -0.116. The molecule has 1 aliphatic heterocycles. The minimum atomic E-state index is 0.153. The molecule has 0 fully saturated rings. The van der Waals surface area contributed by atoms with Crippen molar-refractivity contribution < 1.29 is 4.79 Å². The van der Waals surface area contributed by atoms with E-state index in [2.05, 4.69) is 14.8 Å². The van der Waals surface area contributed by atoms with Gasteiger partial charge in [-0.3, -0.25) is 4.79 Å². The minimum Gasteiger partial charge on any atom is -0.315 e. The van der Waals surface area contributed by atoms with Crippen molar-refractivity contribution in [3.8, 4) is 0 Å². The molecule has 0 N–H and O–H groups in total. The van der Waals surface area contributed by atoms with E-state index in [0.29, 0.717) is 6.42 Å². The second-order valence-corrected chi connectivity index (χ2v) is 3.52. The van der Waals surface area contributed by atoms with Crippen molar-refractivity contribution in [3.05, 3.63) is 11.6 Å². The first-order chi connectivity index (χ1) is 6.27. The Hall–Kier alpha value is -1.19. The number of hydrogen-bond donors (Lipinski definition) is 0. The van der Waals surface area contributed by atoms with E-state index >= 15 is 0 Å². The van der Waals surface area contributed by atoms with Crippen LogP contribution in [0.25, 0.3) is 0 Å². The zero-order valence-corrected chi connectivity index (χ0v) is 7.79. The van der Waals surface area contributed by atoms with E-state index in [1.807, 2.05) is 0 Å². The van der Waals surface area contributed by atoms with Crippen LogP contribution < -0.4 is 0 Å². The molecule has 4 heteroatoms. The summed E-state index contributed by atoms with van der Waals surface area (Å²) in [6, 6.07) is 0. The van der Waals surface area contributed by atoms with Gasteiger partial charge in [0.05, 0.1) is 6.42 Å². The standard InChI is InChI=1S/C9H13N3O/c1-7(13)6-9-11-10-8-4-2-3-5-12(8)9/h2-6H2,1H3. The SMILES string of the molecule is CC(=O)Cc1nnc2n1CCCC2. The quantitative estimate of drug-likeness (QED) is 0.673. The van der Waals surface area contributed by atoms with Gasteiger partial charge in [-0.25, -0.2) is 0 Å². The first kappa shape index (κ1) is 8.41. The molecule has 0 radical (unpaired) electrons. The highest BCUT2D eigenvalue weighted by Gasteiger charge is 2.15. The summed E-state index contributed by atoms with van der Waals surface area (Å²) < 4.78 is 2.09. The van der Waals surface area contributed by atoms with Crippen molar-refractivity contribution in [1.29, 1.82) is 0 Å².